The van der Waals surface area contributed by atoms with Crippen LogP contribution in [-0.2, 0) is 65.4 Å². The normalized spacial score (nSPS) is 14.4. The summed E-state index contributed by atoms with van der Waals surface area (Å²) in [6.45, 7) is 9.49. The number of esters is 4. The fraction of sp³-hybridized carbons (Fsp3) is 0.945. The maximum absolute atomic E-state index is 13.0. The molecule has 546 valence electrons. The van der Waals surface area contributed by atoms with Crippen molar-refractivity contribution in [3.8, 4) is 0 Å². The van der Waals surface area contributed by atoms with Gasteiger partial charge in [-0.2, -0.15) is 0 Å². The first-order valence-corrected chi connectivity index (χ1v) is 41.0. The van der Waals surface area contributed by atoms with E-state index in [0.717, 1.165) is 95.8 Å². The van der Waals surface area contributed by atoms with Crippen LogP contribution in [0.5, 0.6) is 0 Å². The Labute approximate surface area is 562 Å². The summed E-state index contributed by atoms with van der Waals surface area (Å²) >= 11 is 0. The van der Waals surface area contributed by atoms with Crippen LogP contribution in [0, 0.1) is 11.8 Å². The van der Waals surface area contributed by atoms with E-state index in [9.17, 15) is 43.2 Å². The third-order valence-corrected chi connectivity index (χ3v) is 19.2. The number of phosphoric ester groups is 2. The molecule has 0 radical (unpaired) electrons. The van der Waals surface area contributed by atoms with Gasteiger partial charge < -0.3 is 33.8 Å². The van der Waals surface area contributed by atoms with E-state index in [1.807, 2.05) is 0 Å². The standard InChI is InChI=1S/C73H142O17P2/c1-7-10-12-14-16-18-19-20-21-22-23-24-25-26-27-28-29-31-39-45-51-57-72(77)89-68(61-84-71(76)56-50-44-38-33-32-36-42-48-54-66(6)9-3)63-87-91(79,80)85-59-67(74)60-86-92(81,82)88-64-69(62-83-70(75)55-49-43-37-30-17-15-13-11-8-2)90-73(78)58-52-46-40-34-35-41-47-53-65(4)5/h65-69,74H,7-64H2,1-6H3,(H,79,80)(H,81,82)/t66?,67-,68-,69-/m1/s1. The van der Waals surface area contributed by atoms with Gasteiger partial charge in [-0.3, -0.25) is 37.3 Å². The molecule has 0 saturated heterocycles. The van der Waals surface area contributed by atoms with Gasteiger partial charge in [0.15, 0.2) is 12.2 Å². The summed E-state index contributed by atoms with van der Waals surface area (Å²) in [4.78, 5) is 72.5. The second-order valence-electron chi connectivity index (χ2n) is 27.1. The first kappa shape index (κ1) is 90.1. The molecule has 0 rings (SSSR count). The zero-order valence-electron chi connectivity index (χ0n) is 59.9. The number of phosphoric acid groups is 2. The van der Waals surface area contributed by atoms with E-state index < -0.39 is 97.5 Å². The Kier molecular flexibility index (Phi) is 63.7. The number of unbranched alkanes of at least 4 members (excludes halogenated alkanes) is 41. The zero-order valence-corrected chi connectivity index (χ0v) is 61.6. The largest absolute Gasteiger partial charge is 0.472 e. The Hall–Kier alpha value is -1.94. The Balaban J connectivity index is 5.17. The molecule has 0 aliphatic rings. The fourth-order valence-electron chi connectivity index (χ4n) is 11.1. The highest BCUT2D eigenvalue weighted by Crippen LogP contribution is 2.45. The highest BCUT2D eigenvalue weighted by atomic mass is 31.2. The zero-order chi connectivity index (χ0) is 67.9. The van der Waals surface area contributed by atoms with E-state index in [1.165, 1.54) is 193 Å². The number of ether oxygens (including phenoxy) is 4. The molecule has 0 aromatic carbocycles. The molecule has 0 spiro atoms. The molecule has 0 aromatic rings. The van der Waals surface area contributed by atoms with Crippen molar-refractivity contribution in [2.24, 2.45) is 11.8 Å². The number of carbonyl (C=O) groups is 4. The second kappa shape index (κ2) is 65.0. The fourth-order valence-corrected chi connectivity index (χ4v) is 12.7. The van der Waals surface area contributed by atoms with E-state index in [-0.39, 0.29) is 25.7 Å². The molecule has 0 fully saturated rings. The van der Waals surface area contributed by atoms with Crippen LogP contribution in [0.2, 0.25) is 0 Å². The highest BCUT2D eigenvalue weighted by Gasteiger charge is 2.30. The Morgan fingerprint density at radius 2 is 0.554 bits per heavy atom. The van der Waals surface area contributed by atoms with Crippen molar-refractivity contribution in [2.75, 3.05) is 39.6 Å². The molecule has 0 saturated carbocycles. The van der Waals surface area contributed by atoms with Crippen LogP contribution in [0.4, 0.5) is 0 Å². The SMILES string of the molecule is CCCCCCCCCCCCCCCCCCCCCCCC(=O)O[C@H](COC(=O)CCCCCCCCCCC(C)CC)COP(=O)(O)OC[C@@H](O)COP(=O)(O)OC[C@@H](COC(=O)CCCCCCCCCCC)OC(=O)CCCCCCCCCC(C)C. The second-order valence-corrected chi connectivity index (χ2v) is 30.0. The molecule has 0 aliphatic heterocycles. The predicted octanol–water partition coefficient (Wildman–Crippen LogP) is 21.2. The molecule has 0 amide bonds. The lowest BCUT2D eigenvalue weighted by Crippen LogP contribution is -2.30. The van der Waals surface area contributed by atoms with Crippen LogP contribution in [0.3, 0.4) is 0 Å². The summed E-state index contributed by atoms with van der Waals surface area (Å²) in [5, 5.41) is 10.6. The van der Waals surface area contributed by atoms with Crippen molar-refractivity contribution in [1.82, 2.24) is 0 Å². The predicted molar refractivity (Wildman–Crippen MR) is 372 cm³/mol. The van der Waals surface area contributed by atoms with Crippen molar-refractivity contribution in [2.45, 2.75) is 394 Å². The van der Waals surface area contributed by atoms with Gasteiger partial charge in [-0.05, 0) is 37.5 Å². The van der Waals surface area contributed by atoms with Crippen LogP contribution >= 0.6 is 15.6 Å². The van der Waals surface area contributed by atoms with Crippen LogP contribution in [0.15, 0.2) is 0 Å². The van der Waals surface area contributed by atoms with E-state index in [0.29, 0.717) is 31.6 Å². The van der Waals surface area contributed by atoms with Gasteiger partial charge in [0.1, 0.15) is 19.3 Å². The van der Waals surface area contributed by atoms with E-state index >= 15 is 0 Å². The summed E-state index contributed by atoms with van der Waals surface area (Å²) < 4.78 is 68.3. The summed E-state index contributed by atoms with van der Waals surface area (Å²) in [5.74, 6) is -0.652. The number of hydrogen-bond donors (Lipinski definition) is 3. The molecule has 3 N–H and O–H groups in total. The number of aliphatic hydroxyl groups excluding tert-OH is 1. The van der Waals surface area contributed by atoms with Crippen LogP contribution < -0.4 is 0 Å². The van der Waals surface area contributed by atoms with Gasteiger partial charge in [0.25, 0.3) is 0 Å². The van der Waals surface area contributed by atoms with E-state index in [2.05, 4.69) is 41.5 Å². The number of hydrogen-bond acceptors (Lipinski definition) is 15. The van der Waals surface area contributed by atoms with Gasteiger partial charge in [0.05, 0.1) is 26.4 Å². The monoisotopic (exact) mass is 1350 g/mol. The molecule has 92 heavy (non-hydrogen) atoms. The molecule has 0 heterocycles. The summed E-state index contributed by atoms with van der Waals surface area (Å²) in [5.41, 5.74) is 0. The van der Waals surface area contributed by atoms with Crippen LogP contribution in [0.1, 0.15) is 375 Å². The third kappa shape index (κ3) is 65.4. The summed E-state index contributed by atoms with van der Waals surface area (Å²) in [7, 11) is -9.90. The molecule has 17 nitrogen and oxygen atoms in total. The Morgan fingerprint density at radius 3 is 0.826 bits per heavy atom. The maximum atomic E-state index is 13.0. The van der Waals surface area contributed by atoms with Gasteiger partial charge in [-0.1, -0.05) is 324 Å². The molecule has 0 aromatic heterocycles. The van der Waals surface area contributed by atoms with Gasteiger partial charge in [-0.25, -0.2) is 9.13 Å². The minimum atomic E-state index is -4.95. The quantitative estimate of drug-likeness (QED) is 0.0222. The number of rotatable bonds is 72. The Bertz CT molecular complexity index is 1790. The van der Waals surface area contributed by atoms with Crippen LogP contribution in [-0.4, -0.2) is 96.7 Å². The van der Waals surface area contributed by atoms with Gasteiger partial charge in [0.2, 0.25) is 0 Å². The van der Waals surface area contributed by atoms with Crippen molar-refractivity contribution in [3.05, 3.63) is 0 Å². The molecule has 0 aliphatic carbocycles. The molecular weight excluding hydrogens is 1210 g/mol. The molecule has 0 bridgehead atoms. The van der Waals surface area contributed by atoms with Crippen molar-refractivity contribution in [1.29, 1.82) is 0 Å². The number of aliphatic hydroxyl groups is 1. The molecule has 19 heteroatoms. The van der Waals surface area contributed by atoms with Crippen molar-refractivity contribution >= 4 is 39.5 Å². The first-order chi connectivity index (χ1) is 44.4. The Morgan fingerprint density at radius 1 is 0.315 bits per heavy atom. The first-order valence-electron chi connectivity index (χ1n) is 38.0. The average Bonchev–Trinajstić information content (AvgIpc) is 3.45. The lowest BCUT2D eigenvalue weighted by atomic mass is 9.99. The molecule has 6 atom stereocenters. The van der Waals surface area contributed by atoms with E-state index in [4.69, 9.17) is 37.0 Å². The third-order valence-electron chi connectivity index (χ3n) is 17.3. The summed E-state index contributed by atoms with van der Waals surface area (Å²) in [6.07, 6.45) is 51.6. The topological polar surface area (TPSA) is 237 Å². The highest BCUT2D eigenvalue weighted by molar-refractivity contribution is 7.47. The minimum Gasteiger partial charge on any atom is -0.462 e. The molecular formula is C73H142O17P2. The number of carbonyl (C=O) groups excluding carboxylic acids is 4. The van der Waals surface area contributed by atoms with Crippen LogP contribution in [0.25, 0.3) is 0 Å². The van der Waals surface area contributed by atoms with E-state index in [1.54, 1.807) is 0 Å². The lowest BCUT2D eigenvalue weighted by Gasteiger charge is -2.21. The smallest absolute Gasteiger partial charge is 0.462 e. The van der Waals surface area contributed by atoms with Gasteiger partial charge in [0, 0.05) is 25.7 Å². The summed E-state index contributed by atoms with van der Waals surface area (Å²) in [6, 6.07) is 0. The van der Waals surface area contributed by atoms with Gasteiger partial charge in [-0.15, -0.1) is 0 Å². The van der Waals surface area contributed by atoms with Gasteiger partial charge >= 0.3 is 39.5 Å². The maximum Gasteiger partial charge on any atom is 0.472 e. The van der Waals surface area contributed by atoms with Crippen molar-refractivity contribution in [3.63, 3.8) is 0 Å². The lowest BCUT2D eigenvalue weighted by molar-refractivity contribution is -0.161. The molecule has 3 unspecified atom stereocenters. The average molecular weight is 1350 g/mol. The van der Waals surface area contributed by atoms with Crippen molar-refractivity contribution < 1.29 is 80.2 Å². The minimum absolute atomic E-state index is 0.103.